The predicted molar refractivity (Wildman–Crippen MR) is 73.9 cm³/mol. The quantitative estimate of drug-likeness (QED) is 0.523. The molecule has 0 radical (unpaired) electrons. The van der Waals surface area contributed by atoms with Crippen LogP contribution in [-0.2, 0) is 5.33 Å². The maximum Gasteiger partial charge on any atom is 0.0377 e. The molecule has 0 saturated carbocycles. The molecule has 74 valence electrons. The van der Waals surface area contributed by atoms with Crippen LogP contribution in [-0.4, -0.2) is 6.26 Å². The van der Waals surface area contributed by atoms with Crippen molar-refractivity contribution in [3.63, 3.8) is 0 Å². The Morgan fingerprint density at radius 3 is 2.79 bits per heavy atom. The standard InChI is InChI=1S/C10H8Br2S2/c1-13-10-4-9-6(3-8(10)12)2-7(5-11)14-9/h2-4H,5H2,1H3. The maximum absolute atomic E-state index is 3.58. The number of rotatable bonds is 2. The highest BCUT2D eigenvalue weighted by molar-refractivity contribution is 9.10. The highest BCUT2D eigenvalue weighted by atomic mass is 79.9. The van der Waals surface area contributed by atoms with E-state index in [-0.39, 0.29) is 0 Å². The summed E-state index contributed by atoms with van der Waals surface area (Å²) in [6, 6.07) is 6.69. The van der Waals surface area contributed by atoms with Gasteiger partial charge in [0.1, 0.15) is 0 Å². The normalized spacial score (nSPS) is 11.1. The molecule has 1 aromatic heterocycles. The SMILES string of the molecule is CSc1cc2sc(CBr)cc2cc1Br. The number of fused-ring (bicyclic) bond motifs is 1. The minimum atomic E-state index is 0.943. The summed E-state index contributed by atoms with van der Waals surface area (Å²) in [5.41, 5.74) is 0. The lowest BCUT2D eigenvalue weighted by atomic mass is 10.2. The summed E-state index contributed by atoms with van der Waals surface area (Å²) in [5.74, 6) is 0. The van der Waals surface area contributed by atoms with Crippen LogP contribution in [0.1, 0.15) is 4.88 Å². The van der Waals surface area contributed by atoms with Crippen LogP contribution in [0.5, 0.6) is 0 Å². The molecule has 4 heteroatoms. The Morgan fingerprint density at radius 2 is 2.14 bits per heavy atom. The van der Waals surface area contributed by atoms with E-state index in [0.29, 0.717) is 0 Å². The molecule has 0 saturated heterocycles. The van der Waals surface area contributed by atoms with Gasteiger partial charge in [-0.05, 0) is 45.8 Å². The van der Waals surface area contributed by atoms with Crippen molar-refractivity contribution in [3.05, 3.63) is 27.5 Å². The van der Waals surface area contributed by atoms with Crippen molar-refractivity contribution in [1.29, 1.82) is 0 Å². The fraction of sp³-hybridized carbons (Fsp3) is 0.200. The van der Waals surface area contributed by atoms with E-state index in [1.54, 1.807) is 11.8 Å². The average molecular weight is 352 g/mol. The molecule has 1 heterocycles. The maximum atomic E-state index is 3.58. The van der Waals surface area contributed by atoms with Gasteiger partial charge in [0, 0.05) is 24.3 Å². The minimum Gasteiger partial charge on any atom is -0.139 e. The van der Waals surface area contributed by atoms with Crippen LogP contribution in [0.15, 0.2) is 27.6 Å². The summed E-state index contributed by atoms with van der Waals surface area (Å²) >= 11 is 10.7. The van der Waals surface area contributed by atoms with E-state index < -0.39 is 0 Å². The van der Waals surface area contributed by atoms with Crippen LogP contribution < -0.4 is 0 Å². The number of thioether (sulfide) groups is 1. The zero-order valence-electron chi connectivity index (χ0n) is 7.51. The number of hydrogen-bond acceptors (Lipinski definition) is 2. The summed E-state index contributed by atoms with van der Waals surface area (Å²) in [5, 5.41) is 2.27. The second-order valence-electron chi connectivity index (χ2n) is 2.87. The summed E-state index contributed by atoms with van der Waals surface area (Å²) in [4.78, 5) is 2.69. The number of thiophene rings is 1. The van der Waals surface area contributed by atoms with E-state index in [4.69, 9.17) is 0 Å². The van der Waals surface area contributed by atoms with Crippen molar-refractivity contribution in [3.8, 4) is 0 Å². The smallest absolute Gasteiger partial charge is 0.0377 e. The summed E-state index contributed by atoms with van der Waals surface area (Å²) in [7, 11) is 0. The van der Waals surface area contributed by atoms with Gasteiger partial charge in [0.15, 0.2) is 0 Å². The van der Waals surface area contributed by atoms with Crippen molar-refractivity contribution in [2.75, 3.05) is 6.26 Å². The van der Waals surface area contributed by atoms with Crippen molar-refractivity contribution in [2.45, 2.75) is 10.2 Å². The second kappa shape index (κ2) is 4.56. The number of alkyl halides is 1. The van der Waals surface area contributed by atoms with Gasteiger partial charge in [-0.1, -0.05) is 15.9 Å². The Morgan fingerprint density at radius 1 is 1.36 bits per heavy atom. The van der Waals surface area contributed by atoms with Crippen LogP contribution in [0.25, 0.3) is 10.1 Å². The zero-order chi connectivity index (χ0) is 10.1. The topological polar surface area (TPSA) is 0 Å². The van der Waals surface area contributed by atoms with E-state index >= 15 is 0 Å². The van der Waals surface area contributed by atoms with Crippen LogP contribution in [0.4, 0.5) is 0 Å². The van der Waals surface area contributed by atoms with Gasteiger partial charge in [0.25, 0.3) is 0 Å². The first kappa shape index (κ1) is 11.0. The lowest BCUT2D eigenvalue weighted by Crippen LogP contribution is -1.72. The highest BCUT2D eigenvalue weighted by Gasteiger charge is 2.05. The molecule has 0 aliphatic heterocycles. The fourth-order valence-corrected chi connectivity index (χ4v) is 4.17. The molecule has 0 amide bonds. The van der Waals surface area contributed by atoms with Crippen LogP contribution in [0.2, 0.25) is 0 Å². The van der Waals surface area contributed by atoms with E-state index in [1.807, 2.05) is 11.3 Å². The van der Waals surface area contributed by atoms with Gasteiger partial charge in [-0.2, -0.15) is 0 Å². The van der Waals surface area contributed by atoms with Gasteiger partial charge in [-0.25, -0.2) is 0 Å². The monoisotopic (exact) mass is 350 g/mol. The van der Waals surface area contributed by atoms with Gasteiger partial charge < -0.3 is 0 Å². The second-order valence-corrected chi connectivity index (χ2v) is 6.30. The zero-order valence-corrected chi connectivity index (χ0v) is 12.3. The first-order valence-electron chi connectivity index (χ1n) is 4.06. The average Bonchev–Trinajstić information content (AvgIpc) is 2.58. The molecule has 0 aliphatic rings. The fourth-order valence-electron chi connectivity index (χ4n) is 1.32. The Balaban J connectivity index is 2.64. The molecule has 2 aromatic rings. The van der Waals surface area contributed by atoms with Crippen molar-refractivity contribution >= 4 is 65.0 Å². The molecular weight excluding hydrogens is 344 g/mol. The lowest BCUT2D eigenvalue weighted by Gasteiger charge is -1.99. The first-order chi connectivity index (χ1) is 6.74. The van der Waals surface area contributed by atoms with E-state index in [2.05, 4.69) is 56.3 Å². The molecule has 0 N–H and O–H groups in total. The molecular formula is C10H8Br2S2. The van der Waals surface area contributed by atoms with E-state index in [1.165, 1.54) is 24.3 Å². The molecule has 0 bridgehead atoms. The Kier molecular flexibility index (Phi) is 3.58. The number of hydrogen-bond donors (Lipinski definition) is 0. The predicted octanol–water partition coefficient (Wildman–Crippen LogP) is 5.28. The number of benzene rings is 1. The van der Waals surface area contributed by atoms with Gasteiger partial charge in [0.05, 0.1) is 0 Å². The Bertz CT molecular complexity index is 462. The summed E-state index contributed by atoms with van der Waals surface area (Å²) < 4.78 is 2.56. The molecule has 0 fully saturated rings. The number of halogens is 2. The van der Waals surface area contributed by atoms with Crippen LogP contribution in [0.3, 0.4) is 0 Å². The molecule has 0 unspecified atom stereocenters. The van der Waals surface area contributed by atoms with Gasteiger partial charge in [0.2, 0.25) is 0 Å². The van der Waals surface area contributed by atoms with Gasteiger partial charge >= 0.3 is 0 Å². The van der Waals surface area contributed by atoms with E-state index in [9.17, 15) is 0 Å². The van der Waals surface area contributed by atoms with E-state index in [0.717, 1.165) is 5.33 Å². The summed E-state index contributed by atoms with van der Waals surface area (Å²) in [6.07, 6.45) is 2.10. The van der Waals surface area contributed by atoms with Crippen molar-refractivity contribution < 1.29 is 0 Å². The third-order valence-electron chi connectivity index (χ3n) is 1.97. The van der Waals surface area contributed by atoms with Crippen molar-refractivity contribution in [1.82, 2.24) is 0 Å². The van der Waals surface area contributed by atoms with Crippen molar-refractivity contribution in [2.24, 2.45) is 0 Å². The molecule has 14 heavy (non-hydrogen) atoms. The van der Waals surface area contributed by atoms with Crippen LogP contribution in [0, 0.1) is 0 Å². The summed E-state index contributed by atoms with van der Waals surface area (Å²) in [6.45, 7) is 0. The lowest BCUT2D eigenvalue weighted by molar-refractivity contribution is 1.46. The third kappa shape index (κ3) is 2.03. The largest absolute Gasteiger partial charge is 0.139 e. The first-order valence-corrected chi connectivity index (χ1v) is 8.02. The van der Waals surface area contributed by atoms with Gasteiger partial charge in [-0.15, -0.1) is 23.1 Å². The molecule has 0 atom stereocenters. The molecule has 0 aliphatic carbocycles. The highest BCUT2D eigenvalue weighted by Crippen LogP contribution is 2.35. The van der Waals surface area contributed by atoms with Gasteiger partial charge in [-0.3, -0.25) is 0 Å². The third-order valence-corrected chi connectivity index (χ3v) is 5.74. The minimum absolute atomic E-state index is 0.943. The molecule has 0 spiro atoms. The molecule has 1 aromatic carbocycles. The molecule has 2 rings (SSSR count). The Hall–Kier alpha value is 0.490. The van der Waals surface area contributed by atoms with Crippen LogP contribution >= 0.6 is 55.0 Å². The Labute approximate surface area is 108 Å². The molecule has 0 nitrogen and oxygen atoms in total.